The molecule has 0 saturated heterocycles. The highest BCUT2D eigenvalue weighted by Gasteiger charge is 2.22. The van der Waals surface area contributed by atoms with E-state index in [1.165, 1.54) is 0 Å². The summed E-state index contributed by atoms with van der Waals surface area (Å²) in [6.45, 7) is 2.12. The molecule has 0 spiro atoms. The van der Waals surface area contributed by atoms with Crippen LogP contribution in [-0.2, 0) is 6.54 Å². The Balaban J connectivity index is 2.12. The monoisotopic (exact) mass is 296 g/mol. The zero-order valence-corrected chi connectivity index (χ0v) is 12.6. The van der Waals surface area contributed by atoms with Crippen LogP contribution in [-0.4, -0.2) is 33.9 Å². The summed E-state index contributed by atoms with van der Waals surface area (Å²) in [6.07, 6.45) is 0. The van der Waals surface area contributed by atoms with E-state index in [0.717, 1.165) is 27.4 Å². The summed E-state index contributed by atoms with van der Waals surface area (Å²) in [5.74, 6) is 0. The molecule has 114 valence electrons. The largest absolute Gasteiger partial charge is 0.394 e. The van der Waals surface area contributed by atoms with Crippen molar-refractivity contribution in [1.82, 2.24) is 10.3 Å². The molecule has 4 heteroatoms. The van der Waals surface area contributed by atoms with Crippen molar-refractivity contribution in [3.63, 3.8) is 0 Å². The molecule has 0 atom stereocenters. The van der Waals surface area contributed by atoms with E-state index in [4.69, 9.17) is 4.98 Å². The van der Waals surface area contributed by atoms with E-state index in [-0.39, 0.29) is 13.2 Å². The lowest BCUT2D eigenvalue weighted by atomic mass is 10.00. The average Bonchev–Trinajstić information content (AvgIpc) is 2.58. The molecule has 0 aliphatic carbocycles. The third-order valence-corrected chi connectivity index (χ3v) is 4.09. The molecular formula is C18H20N2O2. The minimum Gasteiger partial charge on any atom is -0.394 e. The Morgan fingerprint density at radius 3 is 1.91 bits per heavy atom. The molecule has 0 aliphatic rings. The van der Waals surface area contributed by atoms with Gasteiger partial charge in [-0.25, -0.2) is 4.98 Å². The second-order valence-corrected chi connectivity index (χ2v) is 5.86. The molecule has 0 unspecified atom stereocenters. The van der Waals surface area contributed by atoms with Crippen molar-refractivity contribution in [2.75, 3.05) is 13.2 Å². The van der Waals surface area contributed by atoms with E-state index in [0.29, 0.717) is 6.54 Å². The maximum Gasteiger partial charge on any atom is 0.0713 e. The lowest BCUT2D eigenvalue weighted by Gasteiger charge is -2.27. The topological polar surface area (TPSA) is 65.4 Å². The Hall–Kier alpha value is -2.01. The Kier molecular flexibility index (Phi) is 4.07. The van der Waals surface area contributed by atoms with Crippen molar-refractivity contribution in [2.45, 2.75) is 19.0 Å². The van der Waals surface area contributed by atoms with Crippen molar-refractivity contribution in [2.24, 2.45) is 0 Å². The number of hydrogen-bond donors (Lipinski definition) is 3. The van der Waals surface area contributed by atoms with Crippen LogP contribution in [0.25, 0.3) is 21.8 Å². The first-order valence-electron chi connectivity index (χ1n) is 7.40. The number of benzene rings is 2. The van der Waals surface area contributed by atoms with Crippen LogP contribution < -0.4 is 5.32 Å². The molecule has 3 rings (SSSR count). The third kappa shape index (κ3) is 2.68. The number of nitrogens with zero attached hydrogens (tertiary/aromatic N) is 1. The molecule has 0 amide bonds. The number of aliphatic hydroxyl groups is 2. The number of aromatic nitrogens is 1. The van der Waals surface area contributed by atoms with Gasteiger partial charge in [0.1, 0.15) is 0 Å². The number of para-hydroxylation sites is 2. The zero-order chi connectivity index (χ0) is 15.6. The van der Waals surface area contributed by atoms with Gasteiger partial charge in [0.2, 0.25) is 0 Å². The smallest absolute Gasteiger partial charge is 0.0713 e. The van der Waals surface area contributed by atoms with Gasteiger partial charge >= 0.3 is 0 Å². The van der Waals surface area contributed by atoms with Crippen LogP contribution in [0.3, 0.4) is 0 Å². The van der Waals surface area contributed by atoms with Gasteiger partial charge < -0.3 is 15.5 Å². The van der Waals surface area contributed by atoms with E-state index in [1.54, 1.807) is 6.92 Å². The normalized spacial score (nSPS) is 12.1. The first-order valence-corrected chi connectivity index (χ1v) is 7.40. The van der Waals surface area contributed by atoms with Crippen molar-refractivity contribution in [3.05, 3.63) is 54.1 Å². The molecular weight excluding hydrogens is 276 g/mol. The van der Waals surface area contributed by atoms with Crippen LogP contribution in [0, 0.1) is 0 Å². The van der Waals surface area contributed by atoms with Gasteiger partial charge in [-0.3, -0.25) is 0 Å². The summed E-state index contributed by atoms with van der Waals surface area (Å²) in [7, 11) is 0. The molecule has 22 heavy (non-hydrogen) atoms. The Morgan fingerprint density at radius 2 is 1.41 bits per heavy atom. The average molecular weight is 296 g/mol. The predicted molar refractivity (Wildman–Crippen MR) is 88.7 cm³/mol. The lowest BCUT2D eigenvalue weighted by molar-refractivity contribution is 0.103. The Bertz CT molecular complexity index is 743. The standard InChI is InChI=1S/C18H20N2O2/c1-18(11-21,12-22)19-10-15-13-6-2-4-8-16(13)20-17-9-5-3-7-14(15)17/h2-9,19,21-22H,10-12H2,1H3. The zero-order valence-electron chi connectivity index (χ0n) is 12.6. The number of nitrogens with one attached hydrogen (secondary N) is 1. The molecule has 3 N–H and O–H groups in total. The van der Waals surface area contributed by atoms with E-state index < -0.39 is 5.54 Å². The van der Waals surface area contributed by atoms with Gasteiger partial charge in [0.25, 0.3) is 0 Å². The van der Waals surface area contributed by atoms with E-state index in [9.17, 15) is 10.2 Å². The second-order valence-electron chi connectivity index (χ2n) is 5.86. The van der Waals surface area contributed by atoms with E-state index >= 15 is 0 Å². The molecule has 1 heterocycles. The fourth-order valence-electron chi connectivity index (χ4n) is 2.58. The van der Waals surface area contributed by atoms with Crippen LogP contribution in [0.5, 0.6) is 0 Å². The third-order valence-electron chi connectivity index (χ3n) is 4.09. The maximum absolute atomic E-state index is 9.46. The number of hydrogen-bond acceptors (Lipinski definition) is 4. The maximum atomic E-state index is 9.46. The SMILES string of the molecule is CC(CO)(CO)NCc1c2ccccc2nc2ccccc12. The fraction of sp³-hybridized carbons (Fsp3) is 0.278. The van der Waals surface area contributed by atoms with Crippen molar-refractivity contribution < 1.29 is 10.2 Å². The predicted octanol–water partition coefficient (Wildman–Crippen LogP) is 2.22. The molecule has 0 aliphatic heterocycles. The van der Waals surface area contributed by atoms with Gasteiger partial charge in [0.15, 0.2) is 0 Å². The van der Waals surface area contributed by atoms with Crippen LogP contribution in [0.2, 0.25) is 0 Å². The van der Waals surface area contributed by atoms with Gasteiger partial charge in [0, 0.05) is 17.3 Å². The fourth-order valence-corrected chi connectivity index (χ4v) is 2.58. The van der Waals surface area contributed by atoms with Gasteiger partial charge in [-0.15, -0.1) is 0 Å². The second kappa shape index (κ2) is 6.01. The summed E-state index contributed by atoms with van der Waals surface area (Å²) in [4.78, 5) is 4.70. The summed E-state index contributed by atoms with van der Waals surface area (Å²) in [6, 6.07) is 16.1. The van der Waals surface area contributed by atoms with Gasteiger partial charge in [-0.2, -0.15) is 0 Å². The van der Waals surface area contributed by atoms with Crippen LogP contribution >= 0.6 is 0 Å². The van der Waals surface area contributed by atoms with E-state index in [1.807, 2.05) is 36.4 Å². The van der Waals surface area contributed by atoms with Gasteiger partial charge in [-0.05, 0) is 24.6 Å². The highest BCUT2D eigenvalue weighted by atomic mass is 16.3. The minimum absolute atomic E-state index is 0.121. The molecule has 0 radical (unpaired) electrons. The van der Waals surface area contributed by atoms with Crippen molar-refractivity contribution in [3.8, 4) is 0 Å². The quantitative estimate of drug-likeness (QED) is 0.632. The number of rotatable bonds is 5. The van der Waals surface area contributed by atoms with E-state index in [2.05, 4.69) is 17.4 Å². The van der Waals surface area contributed by atoms with Crippen molar-refractivity contribution in [1.29, 1.82) is 0 Å². The van der Waals surface area contributed by atoms with Gasteiger partial charge in [-0.1, -0.05) is 36.4 Å². The number of fused-ring (bicyclic) bond motifs is 2. The van der Waals surface area contributed by atoms with Crippen LogP contribution in [0.4, 0.5) is 0 Å². The Morgan fingerprint density at radius 1 is 0.909 bits per heavy atom. The summed E-state index contributed by atoms with van der Waals surface area (Å²) < 4.78 is 0. The first kappa shape index (κ1) is 14.9. The Labute approximate surface area is 129 Å². The van der Waals surface area contributed by atoms with Crippen LogP contribution in [0.1, 0.15) is 12.5 Å². The summed E-state index contributed by atoms with van der Waals surface area (Å²) in [5.41, 5.74) is 2.33. The summed E-state index contributed by atoms with van der Waals surface area (Å²) >= 11 is 0. The number of pyridine rings is 1. The molecule has 4 nitrogen and oxygen atoms in total. The minimum atomic E-state index is -0.703. The molecule has 2 aromatic carbocycles. The molecule has 0 fully saturated rings. The molecule has 0 bridgehead atoms. The number of aliphatic hydroxyl groups excluding tert-OH is 2. The highest BCUT2D eigenvalue weighted by molar-refractivity contribution is 5.97. The lowest BCUT2D eigenvalue weighted by Crippen LogP contribution is -2.48. The summed E-state index contributed by atoms with van der Waals surface area (Å²) in [5, 5.41) is 24.4. The molecule has 1 aromatic heterocycles. The molecule has 0 saturated carbocycles. The van der Waals surface area contributed by atoms with Gasteiger partial charge in [0.05, 0.1) is 29.8 Å². The van der Waals surface area contributed by atoms with Crippen molar-refractivity contribution >= 4 is 21.8 Å². The highest BCUT2D eigenvalue weighted by Crippen LogP contribution is 2.26. The molecule has 3 aromatic rings. The van der Waals surface area contributed by atoms with Crippen LogP contribution in [0.15, 0.2) is 48.5 Å². The first-order chi connectivity index (χ1) is 10.7.